The first-order valence-corrected chi connectivity index (χ1v) is 9.74. The number of H-pyrrole nitrogens is 1. The largest absolute Gasteiger partial charge is 0.363 e. The summed E-state index contributed by atoms with van der Waals surface area (Å²) in [5, 5.41) is 9.05. The number of fused-ring (bicyclic) bond motifs is 2. The molecule has 1 aliphatic rings. The molecule has 1 atom stereocenters. The number of rotatable bonds is 3. The molecule has 3 N–H and O–H groups in total. The maximum atomic E-state index is 6.71. The molecule has 0 spiro atoms. The van der Waals surface area contributed by atoms with E-state index in [4.69, 9.17) is 28.2 Å². The van der Waals surface area contributed by atoms with Gasteiger partial charge in [0.05, 0.1) is 5.02 Å². The van der Waals surface area contributed by atoms with Gasteiger partial charge in [-0.1, -0.05) is 29.3 Å². The van der Waals surface area contributed by atoms with Crippen molar-refractivity contribution in [2.24, 2.45) is 0 Å². The van der Waals surface area contributed by atoms with E-state index in [9.17, 15) is 0 Å². The second-order valence-corrected chi connectivity index (χ2v) is 7.54. The minimum atomic E-state index is 0.312. The van der Waals surface area contributed by atoms with Crippen molar-refractivity contribution in [3.05, 3.63) is 47.0 Å². The van der Waals surface area contributed by atoms with Crippen LogP contribution in [-0.4, -0.2) is 38.5 Å². The van der Waals surface area contributed by atoms with Crippen molar-refractivity contribution in [3.63, 3.8) is 0 Å². The minimum Gasteiger partial charge on any atom is -0.363 e. The van der Waals surface area contributed by atoms with Crippen molar-refractivity contribution in [1.29, 1.82) is 0 Å². The number of hydrogen-bond acceptors (Lipinski definition) is 4. The molecule has 5 rings (SSSR count). The lowest BCUT2D eigenvalue weighted by atomic mass is 10.1. The normalized spacial score (nSPS) is 17.6. The molecule has 3 aromatic heterocycles. The molecule has 0 amide bonds. The van der Waals surface area contributed by atoms with Crippen molar-refractivity contribution in [2.45, 2.75) is 18.9 Å². The summed E-state index contributed by atoms with van der Waals surface area (Å²) < 4.78 is 1.86. The van der Waals surface area contributed by atoms with Crippen LogP contribution in [0.1, 0.15) is 12.8 Å². The monoisotopic (exact) mass is 400 g/mol. The van der Waals surface area contributed by atoms with E-state index in [1.54, 1.807) is 6.20 Å². The summed E-state index contributed by atoms with van der Waals surface area (Å²) in [6.07, 6.45) is 7.72. The molecule has 4 heterocycles. The first-order valence-electron chi connectivity index (χ1n) is 8.98. The Morgan fingerprint density at radius 2 is 2.19 bits per heavy atom. The van der Waals surface area contributed by atoms with Gasteiger partial charge in [-0.25, -0.2) is 9.97 Å². The van der Waals surface area contributed by atoms with E-state index in [0.717, 1.165) is 53.9 Å². The Morgan fingerprint density at radius 1 is 1.26 bits per heavy atom. The summed E-state index contributed by atoms with van der Waals surface area (Å²) >= 11 is 13.2. The smallest absolute Gasteiger partial charge is 0.181 e. The van der Waals surface area contributed by atoms with E-state index in [1.807, 2.05) is 35.0 Å². The Hall–Kier alpha value is -2.28. The Labute approximate surface area is 165 Å². The maximum Gasteiger partial charge on any atom is 0.181 e. The molecule has 27 heavy (non-hydrogen) atoms. The number of nitrogens with one attached hydrogen (secondary N) is 3. The molecule has 1 aliphatic heterocycles. The number of anilines is 1. The van der Waals surface area contributed by atoms with Crippen molar-refractivity contribution < 1.29 is 0 Å². The average Bonchev–Trinajstić information content (AvgIpc) is 3.33. The van der Waals surface area contributed by atoms with Gasteiger partial charge in [0.25, 0.3) is 0 Å². The number of benzene rings is 1. The summed E-state index contributed by atoms with van der Waals surface area (Å²) in [5.74, 6) is 0.731. The highest BCUT2D eigenvalue weighted by Gasteiger charge is 2.21. The van der Waals surface area contributed by atoms with Gasteiger partial charge in [0.2, 0.25) is 0 Å². The second kappa shape index (κ2) is 6.71. The molecule has 0 radical (unpaired) electrons. The highest BCUT2D eigenvalue weighted by Crippen LogP contribution is 2.37. The molecule has 1 saturated heterocycles. The van der Waals surface area contributed by atoms with Gasteiger partial charge in [-0.05, 0) is 31.5 Å². The lowest BCUT2D eigenvalue weighted by Crippen LogP contribution is -2.38. The predicted octanol–water partition coefficient (Wildman–Crippen LogP) is 4.35. The summed E-state index contributed by atoms with van der Waals surface area (Å²) in [6, 6.07) is 6.09. The van der Waals surface area contributed by atoms with E-state index >= 15 is 0 Å². The van der Waals surface area contributed by atoms with Crippen LogP contribution in [0.2, 0.25) is 10.2 Å². The number of piperidine rings is 1. The Balaban J connectivity index is 1.69. The lowest BCUT2D eigenvalue weighted by Gasteiger charge is -2.24. The highest BCUT2D eigenvalue weighted by atomic mass is 35.5. The number of halogens is 2. The highest BCUT2D eigenvalue weighted by molar-refractivity contribution is 6.37. The number of aromatic nitrogens is 4. The summed E-state index contributed by atoms with van der Waals surface area (Å²) in [6.45, 7) is 1.97. The third-order valence-electron chi connectivity index (χ3n) is 5.03. The van der Waals surface area contributed by atoms with Gasteiger partial charge in [-0.15, -0.1) is 0 Å². The van der Waals surface area contributed by atoms with Crippen LogP contribution < -0.4 is 10.6 Å². The van der Waals surface area contributed by atoms with Gasteiger partial charge >= 0.3 is 0 Å². The summed E-state index contributed by atoms with van der Waals surface area (Å²) in [7, 11) is 0. The fourth-order valence-electron chi connectivity index (χ4n) is 3.72. The predicted molar refractivity (Wildman–Crippen MR) is 110 cm³/mol. The number of hydrogen-bond donors (Lipinski definition) is 3. The maximum absolute atomic E-state index is 6.71. The zero-order chi connectivity index (χ0) is 18.4. The van der Waals surface area contributed by atoms with Crippen molar-refractivity contribution in [1.82, 2.24) is 24.7 Å². The fraction of sp³-hybridized carbons (Fsp3) is 0.263. The van der Waals surface area contributed by atoms with Crippen molar-refractivity contribution in [3.8, 4) is 11.3 Å². The van der Waals surface area contributed by atoms with E-state index in [2.05, 4.69) is 20.6 Å². The van der Waals surface area contributed by atoms with E-state index in [1.165, 1.54) is 0 Å². The summed E-state index contributed by atoms with van der Waals surface area (Å²) in [5.41, 5.74) is 3.22. The molecule has 1 fully saturated rings. The topological polar surface area (TPSA) is 70.0 Å². The molecular weight excluding hydrogens is 383 g/mol. The van der Waals surface area contributed by atoms with Crippen LogP contribution in [0.25, 0.3) is 27.8 Å². The quantitative estimate of drug-likeness (QED) is 0.478. The zero-order valence-electron chi connectivity index (χ0n) is 14.5. The molecule has 8 heteroatoms. The van der Waals surface area contributed by atoms with E-state index in [-0.39, 0.29) is 0 Å². The zero-order valence-corrected chi connectivity index (χ0v) is 16.0. The minimum absolute atomic E-state index is 0.312. The van der Waals surface area contributed by atoms with Crippen LogP contribution in [0.15, 0.2) is 36.8 Å². The molecule has 138 valence electrons. The first-order chi connectivity index (χ1) is 13.2. The van der Waals surface area contributed by atoms with Gasteiger partial charge < -0.3 is 15.6 Å². The van der Waals surface area contributed by atoms with Crippen LogP contribution >= 0.6 is 23.2 Å². The summed E-state index contributed by atoms with van der Waals surface area (Å²) in [4.78, 5) is 12.6. The van der Waals surface area contributed by atoms with E-state index in [0.29, 0.717) is 21.9 Å². The van der Waals surface area contributed by atoms with Gasteiger partial charge in [-0.3, -0.25) is 4.40 Å². The molecular formula is C19H18Cl2N6. The number of nitrogens with zero attached hydrogens (tertiary/aromatic N) is 3. The third-order valence-corrected chi connectivity index (χ3v) is 5.71. The molecule has 6 nitrogen and oxygen atoms in total. The van der Waals surface area contributed by atoms with Crippen LogP contribution in [-0.2, 0) is 0 Å². The Bertz CT molecular complexity index is 1130. The Morgan fingerprint density at radius 3 is 3.04 bits per heavy atom. The Kier molecular flexibility index (Phi) is 4.19. The van der Waals surface area contributed by atoms with Crippen LogP contribution in [0.4, 0.5) is 5.82 Å². The standard InChI is InChI=1S/C19H18Cl2N6/c20-13-4-1-5-14-15(13)12(10-24-14)16-17(21)27-8-7-23-19(27)18(26-16)25-11-3-2-6-22-9-11/h1,4-5,7-8,10-11,22,24H,2-3,6,9H2,(H,25,26)/t11-/m0/s1. The van der Waals surface area contributed by atoms with Gasteiger partial charge in [0, 0.05) is 47.6 Å². The second-order valence-electron chi connectivity index (χ2n) is 6.77. The molecule has 1 aromatic carbocycles. The lowest BCUT2D eigenvalue weighted by molar-refractivity contribution is 0.479. The first kappa shape index (κ1) is 16.9. The SMILES string of the molecule is Clc1cccc2[nH]cc(-c3nc(N[C@H]4CCCNC4)c4nccn4c3Cl)c12. The molecule has 0 unspecified atom stereocenters. The number of aromatic amines is 1. The third kappa shape index (κ3) is 2.84. The van der Waals surface area contributed by atoms with Crippen molar-refractivity contribution >= 4 is 45.6 Å². The fourth-order valence-corrected chi connectivity index (χ4v) is 4.28. The molecule has 0 bridgehead atoms. The number of imidazole rings is 1. The molecule has 0 aliphatic carbocycles. The molecule has 4 aromatic rings. The van der Waals surface area contributed by atoms with Gasteiger partial charge in [0.15, 0.2) is 11.5 Å². The van der Waals surface area contributed by atoms with Crippen LogP contribution in [0, 0.1) is 0 Å². The van der Waals surface area contributed by atoms with Crippen molar-refractivity contribution in [2.75, 3.05) is 18.4 Å². The van der Waals surface area contributed by atoms with Crippen LogP contribution in [0.5, 0.6) is 0 Å². The molecule has 0 saturated carbocycles. The van der Waals surface area contributed by atoms with Crippen LogP contribution in [0.3, 0.4) is 0 Å². The van der Waals surface area contributed by atoms with Gasteiger partial charge in [-0.2, -0.15) is 0 Å². The average molecular weight is 401 g/mol. The van der Waals surface area contributed by atoms with E-state index < -0.39 is 0 Å². The van der Waals surface area contributed by atoms with Gasteiger partial charge in [0.1, 0.15) is 10.8 Å².